The van der Waals surface area contributed by atoms with E-state index in [-0.39, 0.29) is 0 Å². The summed E-state index contributed by atoms with van der Waals surface area (Å²) in [5.41, 5.74) is 20.7. The minimum absolute atomic E-state index is 0.770. The maximum Gasteiger partial charge on any atom is 0.155 e. The van der Waals surface area contributed by atoms with Crippen molar-refractivity contribution >= 4 is 120 Å². The van der Waals surface area contributed by atoms with Gasteiger partial charge in [-0.25, -0.2) is 0 Å². The lowest BCUT2D eigenvalue weighted by Gasteiger charge is -2.26. The van der Waals surface area contributed by atoms with Crippen LogP contribution in [0.1, 0.15) is 0 Å². The van der Waals surface area contributed by atoms with Crippen molar-refractivity contribution in [3.05, 3.63) is 249 Å². The molecule has 0 aliphatic rings. The van der Waals surface area contributed by atoms with Crippen LogP contribution in [-0.2, 0) is 0 Å². The van der Waals surface area contributed by atoms with Gasteiger partial charge in [-0.1, -0.05) is 121 Å². The van der Waals surface area contributed by atoms with Gasteiger partial charge in [-0.2, -0.15) is 0 Å². The molecule has 0 unspecified atom stereocenters. The van der Waals surface area contributed by atoms with Crippen LogP contribution in [0.15, 0.2) is 253 Å². The summed E-state index contributed by atoms with van der Waals surface area (Å²) in [5, 5.41) is 3.56. The molecule has 10 aromatic carbocycles. The molecule has 7 heterocycles. The van der Waals surface area contributed by atoms with Gasteiger partial charge < -0.3 is 31.7 Å². The molecular formula is C66H41N7OS. The Morgan fingerprint density at radius 3 is 1.44 bits per heavy atom. The van der Waals surface area contributed by atoms with Crippen molar-refractivity contribution < 1.29 is 4.42 Å². The van der Waals surface area contributed by atoms with Crippen LogP contribution in [0, 0.1) is 0 Å². The van der Waals surface area contributed by atoms with E-state index in [4.69, 9.17) is 4.42 Å². The number of hydrogen-bond acceptors (Lipinski definition) is 2. The first-order chi connectivity index (χ1) is 37.2. The summed E-state index contributed by atoms with van der Waals surface area (Å²) in [6, 6.07) is 85.7. The monoisotopic (exact) mass is 979 g/mol. The summed E-state index contributed by atoms with van der Waals surface area (Å²) in [7, 11) is 0. The molecule has 8 nitrogen and oxygen atoms in total. The lowest BCUT2D eigenvalue weighted by Crippen LogP contribution is -2.12. The number of rotatable bonds is 5. The van der Waals surface area contributed by atoms with Gasteiger partial charge in [0.2, 0.25) is 0 Å². The Bertz CT molecular complexity index is 5240. The van der Waals surface area contributed by atoms with E-state index in [1.807, 2.05) is 11.3 Å². The molecule has 0 atom stereocenters. The van der Waals surface area contributed by atoms with E-state index < -0.39 is 0 Å². The maximum absolute atomic E-state index is 7.53. The van der Waals surface area contributed by atoms with E-state index in [9.17, 15) is 0 Å². The van der Waals surface area contributed by atoms with Crippen LogP contribution in [0.4, 0.5) is 0 Å². The van der Waals surface area contributed by atoms with Gasteiger partial charge in [0.05, 0.1) is 71.9 Å². The maximum atomic E-state index is 7.53. The SMILES string of the molecule is c1ccc(-n2c3ccccc3n3c4cc5c(cc4n(-c4ccccc4)c4cc(-n6ccc7ccccc76)cc2c43)oc2cc(-n3ccc4ccccc43)cc3c2n5c2sc4ccccc4c2n3-c2ccccc2)cc1. The Hall–Kier alpha value is -9.96. The number of benzene rings is 10. The number of nitrogens with zero attached hydrogens (tertiary/aromatic N) is 7. The van der Waals surface area contributed by atoms with Crippen LogP contribution in [-0.4, -0.2) is 31.6 Å². The molecule has 0 amide bonds. The Labute approximate surface area is 431 Å². The first kappa shape index (κ1) is 40.6. The van der Waals surface area contributed by atoms with E-state index in [0.717, 1.165) is 116 Å². The Kier molecular flexibility index (Phi) is 8.28. The van der Waals surface area contributed by atoms with Crippen molar-refractivity contribution in [3.8, 4) is 28.4 Å². The molecule has 0 fully saturated rings. The predicted octanol–water partition coefficient (Wildman–Crippen LogP) is 17.3. The van der Waals surface area contributed by atoms with Gasteiger partial charge in [-0.3, -0.25) is 4.40 Å². The first-order valence-corrected chi connectivity index (χ1v) is 26.1. The van der Waals surface area contributed by atoms with Crippen LogP contribution in [0.3, 0.4) is 0 Å². The van der Waals surface area contributed by atoms with Gasteiger partial charge in [0, 0.05) is 57.4 Å². The standard InChI is InChI=1S/C66H41N7OS/c1-4-20-44(21-5-1)69-52-29-15-16-30-53(52)72-54-40-56-60(41-55(54)70(45-22-6-2-7-23-45)58-37-47(36-57(69)64(58)72)67-34-32-42-18-10-13-27-50(42)67)74-61-39-48(68-35-33-43-19-11-14-28-51(43)68)38-59-65(61)73(56)66-63(49-26-12-17-31-62(49)75-66)71(59)46-24-8-3-9-25-46/h1-41H. The molecule has 0 aliphatic heterocycles. The van der Waals surface area contributed by atoms with Crippen LogP contribution in [0.2, 0.25) is 0 Å². The molecule has 0 saturated heterocycles. The summed E-state index contributed by atoms with van der Waals surface area (Å²) >= 11 is 1.83. The second-order valence-corrected chi connectivity index (χ2v) is 20.5. The summed E-state index contributed by atoms with van der Waals surface area (Å²) in [4.78, 5) is 1.13. The smallest absolute Gasteiger partial charge is 0.155 e. The van der Waals surface area contributed by atoms with Gasteiger partial charge in [-0.05, 0) is 114 Å². The van der Waals surface area contributed by atoms with Crippen molar-refractivity contribution in [1.29, 1.82) is 0 Å². The molecule has 0 spiro atoms. The second kappa shape index (κ2) is 15.3. The number of fused-ring (bicyclic) bond motifs is 12. The van der Waals surface area contributed by atoms with E-state index >= 15 is 0 Å². The van der Waals surface area contributed by atoms with Crippen LogP contribution < -0.4 is 0 Å². The number of hydrogen-bond donors (Lipinski definition) is 0. The summed E-state index contributed by atoms with van der Waals surface area (Å²) in [6.45, 7) is 0. The normalized spacial score (nSPS) is 12.3. The second-order valence-electron chi connectivity index (χ2n) is 19.5. The molecule has 75 heavy (non-hydrogen) atoms. The third kappa shape index (κ3) is 5.70. The van der Waals surface area contributed by atoms with E-state index in [1.165, 1.54) is 20.9 Å². The van der Waals surface area contributed by atoms with E-state index in [0.29, 0.717) is 0 Å². The van der Waals surface area contributed by atoms with Crippen molar-refractivity contribution in [2.75, 3.05) is 0 Å². The number of para-hydroxylation sites is 7. The quantitative estimate of drug-likeness (QED) is 0.125. The average Bonchev–Trinajstić information content (AvgIpc) is 4.30. The van der Waals surface area contributed by atoms with Gasteiger partial charge >= 0.3 is 0 Å². The molecule has 17 rings (SSSR count). The fourth-order valence-electron chi connectivity index (χ4n) is 12.3. The molecule has 0 N–H and O–H groups in total. The van der Waals surface area contributed by atoms with Crippen molar-refractivity contribution in [2.45, 2.75) is 0 Å². The zero-order chi connectivity index (χ0) is 48.9. The number of aromatic nitrogens is 7. The predicted molar refractivity (Wildman–Crippen MR) is 310 cm³/mol. The van der Waals surface area contributed by atoms with Gasteiger partial charge in [-0.15, -0.1) is 11.3 Å². The Balaban J connectivity index is 1.12. The fraction of sp³-hybridized carbons (Fsp3) is 0. The highest BCUT2D eigenvalue weighted by Gasteiger charge is 2.26. The van der Waals surface area contributed by atoms with Crippen LogP contribution in [0.5, 0.6) is 0 Å². The molecule has 352 valence electrons. The molecule has 0 saturated carbocycles. The summed E-state index contributed by atoms with van der Waals surface area (Å²) in [6.07, 6.45) is 4.37. The minimum atomic E-state index is 0.770. The molecule has 9 heteroatoms. The van der Waals surface area contributed by atoms with Gasteiger partial charge in [0.25, 0.3) is 0 Å². The third-order valence-corrected chi connectivity index (χ3v) is 16.5. The first-order valence-electron chi connectivity index (χ1n) is 25.3. The zero-order valence-electron chi connectivity index (χ0n) is 40.1. The molecule has 0 radical (unpaired) electrons. The molecule has 0 bridgehead atoms. The summed E-state index contributed by atoms with van der Waals surface area (Å²) in [5.74, 6) is 0. The number of thiophene rings is 1. The Morgan fingerprint density at radius 2 is 0.800 bits per heavy atom. The van der Waals surface area contributed by atoms with Crippen molar-refractivity contribution in [3.63, 3.8) is 0 Å². The highest BCUT2D eigenvalue weighted by molar-refractivity contribution is 7.25. The minimum Gasteiger partial charge on any atom is -0.453 e. The van der Waals surface area contributed by atoms with Gasteiger partial charge in [0.15, 0.2) is 11.2 Å². The highest BCUT2D eigenvalue weighted by atomic mass is 32.1. The fourth-order valence-corrected chi connectivity index (χ4v) is 13.5. The summed E-state index contributed by atoms with van der Waals surface area (Å²) < 4.78 is 25.7. The Morgan fingerprint density at radius 1 is 0.293 bits per heavy atom. The third-order valence-electron chi connectivity index (χ3n) is 15.4. The van der Waals surface area contributed by atoms with E-state index in [2.05, 4.69) is 281 Å². The molecule has 7 aromatic heterocycles. The highest BCUT2D eigenvalue weighted by Crippen LogP contribution is 2.44. The topological polar surface area (TPSA) is 46.6 Å². The average molecular weight is 980 g/mol. The van der Waals surface area contributed by atoms with Crippen LogP contribution >= 0.6 is 11.3 Å². The van der Waals surface area contributed by atoms with Gasteiger partial charge in [0.1, 0.15) is 10.3 Å². The largest absolute Gasteiger partial charge is 0.453 e. The van der Waals surface area contributed by atoms with Crippen molar-refractivity contribution in [2.24, 2.45) is 0 Å². The van der Waals surface area contributed by atoms with E-state index in [1.54, 1.807) is 0 Å². The lowest BCUT2D eigenvalue weighted by molar-refractivity contribution is 0.655. The molecule has 0 aliphatic carbocycles. The van der Waals surface area contributed by atoms with Crippen molar-refractivity contribution in [1.82, 2.24) is 31.6 Å². The molecule has 17 aromatic rings. The zero-order valence-corrected chi connectivity index (χ0v) is 40.9. The lowest BCUT2D eigenvalue weighted by atomic mass is 10.1. The van der Waals surface area contributed by atoms with Crippen LogP contribution in [0.25, 0.3) is 137 Å². The molecular weight excluding hydrogens is 939 g/mol.